The van der Waals surface area contributed by atoms with Crippen LogP contribution in [0.25, 0.3) is 0 Å². The van der Waals surface area contributed by atoms with Crippen LogP contribution >= 0.6 is 0 Å². The fourth-order valence-corrected chi connectivity index (χ4v) is 3.94. The van der Waals surface area contributed by atoms with Gasteiger partial charge in [0.2, 0.25) is 0 Å². The second-order valence-electron chi connectivity index (χ2n) is 6.38. The Balaban J connectivity index is 1.85. The number of hydrogen-bond acceptors (Lipinski definition) is 8. The van der Waals surface area contributed by atoms with Gasteiger partial charge in [-0.15, -0.1) is 0 Å². The van der Waals surface area contributed by atoms with Crippen molar-refractivity contribution >= 4 is 33.3 Å². The number of ether oxygens (including phenoxy) is 1. The molecule has 1 aromatic carbocycles. The lowest BCUT2D eigenvalue weighted by Gasteiger charge is -2.28. The summed E-state index contributed by atoms with van der Waals surface area (Å²) >= 11 is 0. The summed E-state index contributed by atoms with van der Waals surface area (Å²) in [4.78, 5) is 36.6. The molecule has 0 spiro atoms. The maximum Gasteiger partial charge on any atom is 0.315 e. The molecule has 0 saturated carbocycles. The Morgan fingerprint density at radius 1 is 1.34 bits per heavy atom. The Hall–Kier alpha value is -3.54. The van der Waals surface area contributed by atoms with Crippen molar-refractivity contribution in [2.45, 2.75) is 24.3 Å². The van der Waals surface area contributed by atoms with Gasteiger partial charge in [-0.3, -0.25) is 24.4 Å². The van der Waals surface area contributed by atoms with E-state index in [0.29, 0.717) is 5.56 Å². The summed E-state index contributed by atoms with van der Waals surface area (Å²) in [5.41, 5.74) is 0.308. The third kappa shape index (κ3) is 4.16. The third-order valence-electron chi connectivity index (χ3n) is 4.47. The first kappa shape index (κ1) is 20.2. The van der Waals surface area contributed by atoms with E-state index in [-0.39, 0.29) is 23.5 Å². The van der Waals surface area contributed by atoms with E-state index in [2.05, 4.69) is 9.71 Å². The minimum atomic E-state index is -4.14. The molecule has 152 valence electrons. The van der Waals surface area contributed by atoms with Gasteiger partial charge in [-0.25, -0.2) is 4.98 Å². The Labute approximate surface area is 164 Å². The van der Waals surface area contributed by atoms with Gasteiger partial charge >= 0.3 is 11.9 Å². The van der Waals surface area contributed by atoms with Gasteiger partial charge in [0.05, 0.1) is 22.9 Å². The van der Waals surface area contributed by atoms with Crippen molar-refractivity contribution in [3.63, 3.8) is 0 Å². The Morgan fingerprint density at radius 3 is 2.66 bits per heavy atom. The molecule has 11 nitrogen and oxygen atoms in total. The molecular weight excluding hydrogens is 406 g/mol. The zero-order valence-corrected chi connectivity index (χ0v) is 15.8. The molecule has 2 atom stereocenters. The van der Waals surface area contributed by atoms with E-state index >= 15 is 0 Å². The standard InChI is InChI=1S/C17H15N3O8S/c1-9-12-4-2-10(6-14(12)28-17(23)13(9)7-16(21)22)19-29(26,27)15-5-3-11(8-18-15)20(24)25/h2-6,8-9,13,19H,7H2,1H3,(H,21,22). The molecule has 2 aromatic rings. The van der Waals surface area contributed by atoms with Crippen molar-refractivity contribution in [2.24, 2.45) is 5.92 Å². The van der Waals surface area contributed by atoms with E-state index in [1.165, 1.54) is 12.1 Å². The summed E-state index contributed by atoms with van der Waals surface area (Å²) in [6.07, 6.45) is 0.451. The van der Waals surface area contributed by atoms with Crippen LogP contribution in [-0.2, 0) is 19.6 Å². The van der Waals surface area contributed by atoms with E-state index in [4.69, 9.17) is 9.84 Å². The summed E-state index contributed by atoms with van der Waals surface area (Å²) in [6, 6.07) is 6.30. The summed E-state index contributed by atoms with van der Waals surface area (Å²) in [5, 5.41) is 19.2. The van der Waals surface area contributed by atoms with Crippen molar-refractivity contribution in [2.75, 3.05) is 4.72 Å². The van der Waals surface area contributed by atoms with Gasteiger partial charge in [0.1, 0.15) is 11.9 Å². The summed E-state index contributed by atoms with van der Waals surface area (Å²) in [5.74, 6) is -2.97. The summed E-state index contributed by atoms with van der Waals surface area (Å²) in [7, 11) is -4.14. The Morgan fingerprint density at radius 2 is 2.07 bits per heavy atom. The fourth-order valence-electron chi connectivity index (χ4n) is 2.96. The lowest BCUT2D eigenvalue weighted by Crippen LogP contribution is -2.32. The number of nitro groups is 1. The average molecular weight is 421 g/mol. The highest BCUT2D eigenvalue weighted by atomic mass is 32.2. The molecule has 0 radical (unpaired) electrons. The van der Waals surface area contributed by atoms with Crippen LogP contribution in [0.5, 0.6) is 5.75 Å². The number of benzene rings is 1. The van der Waals surface area contributed by atoms with Crippen LogP contribution in [0.1, 0.15) is 24.8 Å². The minimum Gasteiger partial charge on any atom is -0.481 e. The van der Waals surface area contributed by atoms with Gasteiger partial charge in [0.15, 0.2) is 5.03 Å². The second kappa shape index (κ2) is 7.47. The van der Waals surface area contributed by atoms with Gasteiger partial charge in [0.25, 0.3) is 15.7 Å². The van der Waals surface area contributed by atoms with Crippen LogP contribution in [0, 0.1) is 16.0 Å². The number of carboxylic acid groups (broad SMARTS) is 1. The second-order valence-corrected chi connectivity index (χ2v) is 8.01. The molecule has 0 amide bonds. The van der Waals surface area contributed by atoms with Crippen LogP contribution in [0.2, 0.25) is 0 Å². The number of sulfonamides is 1. The van der Waals surface area contributed by atoms with E-state index < -0.39 is 43.7 Å². The van der Waals surface area contributed by atoms with Crippen molar-refractivity contribution in [3.8, 4) is 5.75 Å². The first-order valence-electron chi connectivity index (χ1n) is 8.29. The summed E-state index contributed by atoms with van der Waals surface area (Å²) < 4.78 is 32.3. The topological polar surface area (TPSA) is 166 Å². The molecule has 2 unspecified atom stereocenters. The molecule has 12 heteroatoms. The third-order valence-corrected chi connectivity index (χ3v) is 5.77. The van der Waals surface area contributed by atoms with Crippen LogP contribution in [-0.4, -0.2) is 35.4 Å². The zero-order chi connectivity index (χ0) is 21.3. The predicted octanol–water partition coefficient (Wildman–Crippen LogP) is 1.90. The first-order chi connectivity index (χ1) is 13.6. The number of fused-ring (bicyclic) bond motifs is 1. The van der Waals surface area contributed by atoms with Gasteiger partial charge < -0.3 is 9.84 Å². The van der Waals surface area contributed by atoms with Crippen LogP contribution in [0.4, 0.5) is 11.4 Å². The molecule has 1 aliphatic heterocycles. The average Bonchev–Trinajstić information content (AvgIpc) is 2.64. The number of anilines is 1. The molecule has 1 aliphatic rings. The number of rotatable bonds is 6. The monoisotopic (exact) mass is 421 g/mol. The molecule has 0 saturated heterocycles. The number of carboxylic acids is 1. The van der Waals surface area contributed by atoms with Crippen LogP contribution in [0.3, 0.4) is 0 Å². The SMILES string of the molecule is CC1c2ccc(NS(=O)(=O)c3ccc([N+](=O)[O-])cn3)cc2OC(=O)C1CC(=O)O. The highest BCUT2D eigenvalue weighted by Gasteiger charge is 2.36. The largest absolute Gasteiger partial charge is 0.481 e. The first-order valence-corrected chi connectivity index (χ1v) is 9.77. The van der Waals surface area contributed by atoms with Gasteiger partial charge in [-0.1, -0.05) is 13.0 Å². The number of esters is 1. The highest BCUT2D eigenvalue weighted by Crippen LogP contribution is 2.40. The van der Waals surface area contributed by atoms with Crippen LogP contribution in [0.15, 0.2) is 41.6 Å². The van der Waals surface area contributed by atoms with Gasteiger partial charge in [-0.2, -0.15) is 8.42 Å². The summed E-state index contributed by atoms with van der Waals surface area (Å²) in [6.45, 7) is 1.69. The minimum absolute atomic E-state index is 0.0839. The van der Waals surface area contributed by atoms with E-state index in [9.17, 15) is 28.1 Å². The number of hydrogen-bond donors (Lipinski definition) is 2. The van der Waals surface area contributed by atoms with Gasteiger partial charge in [-0.05, 0) is 23.6 Å². The van der Waals surface area contributed by atoms with Crippen molar-refractivity contribution in [1.82, 2.24) is 4.98 Å². The van der Waals surface area contributed by atoms with Crippen LogP contribution < -0.4 is 9.46 Å². The lowest BCUT2D eigenvalue weighted by molar-refractivity contribution is -0.385. The quantitative estimate of drug-likeness (QED) is 0.306. The fraction of sp³-hybridized carbons (Fsp3) is 0.235. The molecule has 3 rings (SSSR count). The molecule has 29 heavy (non-hydrogen) atoms. The molecule has 2 heterocycles. The smallest absolute Gasteiger partial charge is 0.315 e. The van der Waals surface area contributed by atoms with E-state index in [0.717, 1.165) is 18.3 Å². The number of aliphatic carboxylic acids is 1. The maximum atomic E-state index is 12.4. The number of pyridine rings is 1. The number of nitrogens with one attached hydrogen (secondary N) is 1. The number of nitrogens with zero attached hydrogens (tertiary/aromatic N) is 2. The number of aromatic nitrogens is 1. The normalized spacial score (nSPS) is 18.4. The number of carbonyl (C=O) groups excluding carboxylic acids is 1. The molecule has 0 aliphatic carbocycles. The molecule has 0 fully saturated rings. The molecular formula is C17H15N3O8S. The molecule has 0 bridgehead atoms. The van der Waals surface area contributed by atoms with Crippen molar-refractivity contribution < 1.29 is 32.8 Å². The van der Waals surface area contributed by atoms with Gasteiger partial charge in [0, 0.05) is 12.1 Å². The Bertz CT molecular complexity index is 1100. The van der Waals surface area contributed by atoms with E-state index in [1.807, 2.05) is 0 Å². The highest BCUT2D eigenvalue weighted by molar-refractivity contribution is 7.92. The van der Waals surface area contributed by atoms with Crippen molar-refractivity contribution in [3.05, 3.63) is 52.2 Å². The maximum absolute atomic E-state index is 12.4. The molecule has 1 aromatic heterocycles. The zero-order valence-electron chi connectivity index (χ0n) is 14.9. The van der Waals surface area contributed by atoms with E-state index in [1.54, 1.807) is 13.0 Å². The number of carbonyl (C=O) groups is 2. The Kier molecular flexibility index (Phi) is 5.20. The van der Waals surface area contributed by atoms with Crippen molar-refractivity contribution in [1.29, 1.82) is 0 Å². The predicted molar refractivity (Wildman–Crippen MR) is 97.9 cm³/mol. The molecule has 2 N–H and O–H groups in total. The lowest BCUT2D eigenvalue weighted by atomic mass is 9.83.